The molecule has 0 saturated carbocycles. The number of halogens is 2. The van der Waals surface area contributed by atoms with E-state index in [1.807, 2.05) is 62.4 Å². The van der Waals surface area contributed by atoms with Crippen molar-refractivity contribution < 1.29 is 13.6 Å². The van der Waals surface area contributed by atoms with Crippen molar-refractivity contribution in [2.75, 3.05) is 6.54 Å². The Kier molecular flexibility index (Phi) is 4.62. The number of nitrogens with zero attached hydrogens (tertiary/aromatic N) is 3. The lowest BCUT2D eigenvalue weighted by atomic mass is 10.1. The smallest absolute Gasteiger partial charge is 0.274 e. The molecule has 1 atom stereocenters. The number of nitrogens with one attached hydrogen (secondary N) is 1. The molecule has 2 aromatic carbocycles. The molecule has 1 unspecified atom stereocenters. The SMILES string of the molecule is Cc1nc(C(=O)N2CC(F)(F)CC2c2nc3c(C)cccc3[nH]2)c(-c2ccccc2)s1. The second-order valence-electron chi connectivity index (χ2n) is 7.88. The van der Waals surface area contributed by atoms with Gasteiger partial charge in [-0.1, -0.05) is 42.5 Å². The van der Waals surface area contributed by atoms with Gasteiger partial charge >= 0.3 is 0 Å². The predicted octanol–water partition coefficient (Wildman–Crippen LogP) is 5.53. The number of hydrogen-bond acceptors (Lipinski definition) is 4. The van der Waals surface area contributed by atoms with E-state index in [1.54, 1.807) is 0 Å². The number of thiazole rings is 1. The molecule has 3 heterocycles. The van der Waals surface area contributed by atoms with Crippen LogP contribution in [-0.4, -0.2) is 38.2 Å². The summed E-state index contributed by atoms with van der Waals surface area (Å²) in [5.41, 5.74) is 3.51. The van der Waals surface area contributed by atoms with Gasteiger partial charge in [-0.3, -0.25) is 4.79 Å². The zero-order valence-corrected chi connectivity index (χ0v) is 17.8. The highest BCUT2D eigenvalue weighted by molar-refractivity contribution is 7.15. The number of amides is 1. The number of benzene rings is 2. The number of rotatable bonds is 3. The zero-order valence-electron chi connectivity index (χ0n) is 17.0. The molecule has 1 aliphatic rings. The monoisotopic (exact) mass is 438 g/mol. The number of carbonyl (C=O) groups excluding carboxylic acids is 1. The van der Waals surface area contributed by atoms with Crippen molar-refractivity contribution in [3.63, 3.8) is 0 Å². The highest BCUT2D eigenvalue weighted by Gasteiger charge is 2.49. The Hall–Kier alpha value is -3.13. The number of fused-ring (bicyclic) bond motifs is 1. The van der Waals surface area contributed by atoms with Crippen LogP contribution < -0.4 is 0 Å². The molecule has 2 aromatic heterocycles. The number of aromatic amines is 1. The molecule has 5 rings (SSSR count). The van der Waals surface area contributed by atoms with Crippen molar-refractivity contribution in [2.45, 2.75) is 32.2 Å². The quantitative estimate of drug-likeness (QED) is 0.458. The molecule has 31 heavy (non-hydrogen) atoms. The fourth-order valence-corrected chi connectivity index (χ4v) is 5.04. The Bertz CT molecular complexity index is 1280. The maximum absolute atomic E-state index is 14.5. The van der Waals surface area contributed by atoms with E-state index in [9.17, 15) is 13.6 Å². The van der Waals surface area contributed by atoms with Crippen molar-refractivity contribution >= 4 is 28.3 Å². The van der Waals surface area contributed by atoms with Gasteiger partial charge in [-0.2, -0.15) is 0 Å². The number of hydrogen-bond donors (Lipinski definition) is 1. The summed E-state index contributed by atoms with van der Waals surface area (Å²) < 4.78 is 29.0. The molecule has 1 saturated heterocycles. The van der Waals surface area contributed by atoms with Crippen LogP contribution in [0.25, 0.3) is 21.5 Å². The molecular weight excluding hydrogens is 418 g/mol. The van der Waals surface area contributed by atoms with E-state index in [0.29, 0.717) is 15.7 Å². The van der Waals surface area contributed by atoms with Gasteiger partial charge in [-0.15, -0.1) is 11.3 Å². The molecular formula is C23H20F2N4OS. The second-order valence-corrected chi connectivity index (χ2v) is 9.08. The summed E-state index contributed by atoms with van der Waals surface area (Å²) in [4.78, 5) is 27.5. The largest absolute Gasteiger partial charge is 0.340 e. The van der Waals surface area contributed by atoms with E-state index in [1.165, 1.54) is 16.2 Å². The number of imidazole rings is 1. The van der Waals surface area contributed by atoms with Crippen LogP contribution in [0.2, 0.25) is 0 Å². The number of likely N-dealkylation sites (tertiary alicyclic amines) is 1. The first-order valence-electron chi connectivity index (χ1n) is 9.99. The zero-order chi connectivity index (χ0) is 21.8. The minimum absolute atomic E-state index is 0.212. The lowest BCUT2D eigenvalue weighted by molar-refractivity contribution is 0.0117. The average molecular weight is 439 g/mol. The first-order chi connectivity index (χ1) is 14.8. The molecule has 1 N–H and O–H groups in total. The average Bonchev–Trinajstić information content (AvgIpc) is 3.43. The van der Waals surface area contributed by atoms with E-state index < -0.39 is 30.8 Å². The van der Waals surface area contributed by atoms with Crippen molar-refractivity contribution in [2.24, 2.45) is 0 Å². The van der Waals surface area contributed by atoms with Gasteiger partial charge in [0.25, 0.3) is 11.8 Å². The second kappa shape index (κ2) is 7.23. The molecule has 1 aliphatic heterocycles. The van der Waals surface area contributed by atoms with Gasteiger partial charge in [0.15, 0.2) is 0 Å². The highest BCUT2D eigenvalue weighted by atomic mass is 32.1. The molecule has 1 fully saturated rings. The van der Waals surface area contributed by atoms with Gasteiger partial charge in [0, 0.05) is 6.42 Å². The molecule has 0 bridgehead atoms. The van der Waals surface area contributed by atoms with Gasteiger partial charge in [-0.05, 0) is 31.0 Å². The van der Waals surface area contributed by atoms with Crippen LogP contribution in [0, 0.1) is 13.8 Å². The lowest BCUT2D eigenvalue weighted by Crippen LogP contribution is -2.33. The van der Waals surface area contributed by atoms with Crippen LogP contribution in [0.15, 0.2) is 48.5 Å². The van der Waals surface area contributed by atoms with E-state index >= 15 is 0 Å². The third-order valence-electron chi connectivity index (χ3n) is 5.55. The molecule has 0 radical (unpaired) electrons. The van der Waals surface area contributed by atoms with Crippen LogP contribution in [-0.2, 0) is 0 Å². The standard InChI is InChI=1S/C23H20F2N4OS/c1-13-7-6-10-16-18(13)28-21(27-16)17-11-23(24,25)12-29(17)22(30)19-20(31-14(2)26-19)15-8-4-3-5-9-15/h3-10,17H,11-12H2,1-2H3,(H,27,28). The van der Waals surface area contributed by atoms with Crippen molar-refractivity contribution in [1.29, 1.82) is 0 Å². The van der Waals surface area contributed by atoms with Gasteiger partial charge < -0.3 is 9.88 Å². The van der Waals surface area contributed by atoms with Crippen LogP contribution in [0.3, 0.4) is 0 Å². The van der Waals surface area contributed by atoms with Crippen LogP contribution in [0.5, 0.6) is 0 Å². The number of para-hydroxylation sites is 1. The summed E-state index contributed by atoms with van der Waals surface area (Å²) in [5, 5.41) is 0.712. The van der Waals surface area contributed by atoms with E-state index in [0.717, 1.165) is 22.2 Å². The number of aryl methyl sites for hydroxylation is 2. The summed E-state index contributed by atoms with van der Waals surface area (Å²) in [6, 6.07) is 14.2. The highest BCUT2D eigenvalue weighted by Crippen LogP contribution is 2.42. The first kappa shape index (κ1) is 19.8. The Morgan fingerprint density at radius 1 is 1.13 bits per heavy atom. The van der Waals surface area contributed by atoms with E-state index in [-0.39, 0.29) is 5.69 Å². The maximum atomic E-state index is 14.5. The topological polar surface area (TPSA) is 61.9 Å². The Morgan fingerprint density at radius 3 is 2.65 bits per heavy atom. The van der Waals surface area contributed by atoms with E-state index in [4.69, 9.17) is 0 Å². The summed E-state index contributed by atoms with van der Waals surface area (Å²) in [5.74, 6) is -3.11. The summed E-state index contributed by atoms with van der Waals surface area (Å²) >= 11 is 1.39. The number of aromatic nitrogens is 3. The van der Waals surface area contributed by atoms with Gasteiger partial charge in [0.1, 0.15) is 11.5 Å². The molecule has 0 aliphatic carbocycles. The normalized spacial score (nSPS) is 18.1. The number of H-pyrrole nitrogens is 1. The van der Waals surface area contributed by atoms with Crippen molar-refractivity contribution in [3.05, 3.63) is 70.6 Å². The fourth-order valence-electron chi connectivity index (χ4n) is 4.12. The van der Waals surface area contributed by atoms with Crippen molar-refractivity contribution in [3.8, 4) is 10.4 Å². The first-order valence-corrected chi connectivity index (χ1v) is 10.8. The number of alkyl halides is 2. The Balaban J connectivity index is 1.57. The van der Waals surface area contributed by atoms with Gasteiger partial charge in [0.2, 0.25) is 0 Å². The van der Waals surface area contributed by atoms with Crippen LogP contribution in [0.1, 0.15) is 39.3 Å². The summed E-state index contributed by atoms with van der Waals surface area (Å²) in [6.07, 6.45) is -0.471. The molecule has 8 heteroatoms. The van der Waals surface area contributed by atoms with Crippen LogP contribution in [0.4, 0.5) is 8.78 Å². The fraction of sp³-hybridized carbons (Fsp3) is 0.261. The number of carbonyl (C=O) groups is 1. The molecule has 158 valence electrons. The summed E-state index contributed by atoms with van der Waals surface area (Å²) in [6.45, 7) is 3.08. The summed E-state index contributed by atoms with van der Waals surface area (Å²) in [7, 11) is 0. The molecule has 1 amide bonds. The third kappa shape index (κ3) is 3.50. The Morgan fingerprint density at radius 2 is 1.90 bits per heavy atom. The van der Waals surface area contributed by atoms with Gasteiger partial charge in [0.05, 0.1) is 33.5 Å². The maximum Gasteiger partial charge on any atom is 0.274 e. The van der Waals surface area contributed by atoms with Crippen molar-refractivity contribution in [1.82, 2.24) is 19.9 Å². The van der Waals surface area contributed by atoms with E-state index in [2.05, 4.69) is 15.0 Å². The molecule has 5 nitrogen and oxygen atoms in total. The third-order valence-corrected chi connectivity index (χ3v) is 6.57. The Labute approximate surface area is 181 Å². The predicted molar refractivity (Wildman–Crippen MR) is 116 cm³/mol. The minimum Gasteiger partial charge on any atom is -0.340 e. The van der Waals surface area contributed by atoms with Crippen LogP contribution >= 0.6 is 11.3 Å². The molecule has 4 aromatic rings. The van der Waals surface area contributed by atoms with Gasteiger partial charge in [-0.25, -0.2) is 18.7 Å². The minimum atomic E-state index is -2.99. The molecule has 0 spiro atoms. The lowest BCUT2D eigenvalue weighted by Gasteiger charge is -2.22.